The fourth-order valence-corrected chi connectivity index (χ4v) is 3.54. The molecular weight excluding hydrogens is 396 g/mol. The van der Waals surface area contributed by atoms with Crippen LogP contribution in [0.2, 0.25) is 0 Å². The summed E-state index contributed by atoms with van der Waals surface area (Å²) in [7, 11) is 0. The third-order valence-corrected chi connectivity index (χ3v) is 5.34. The molecule has 2 aromatic rings. The van der Waals surface area contributed by atoms with Gasteiger partial charge in [-0.1, -0.05) is 30.3 Å². The van der Waals surface area contributed by atoms with Gasteiger partial charge in [-0.3, -0.25) is 14.4 Å². The second-order valence-electron chi connectivity index (χ2n) is 7.56. The van der Waals surface area contributed by atoms with Crippen molar-refractivity contribution in [2.45, 2.75) is 39.3 Å². The van der Waals surface area contributed by atoms with Crippen molar-refractivity contribution < 1.29 is 23.9 Å². The summed E-state index contributed by atoms with van der Waals surface area (Å²) in [6, 6.07) is 16.5. The third kappa shape index (κ3) is 5.63. The molecule has 0 aliphatic carbocycles. The number of carbonyl (C=O) groups excluding carboxylic acids is 3. The number of benzene rings is 2. The van der Waals surface area contributed by atoms with Crippen LogP contribution in [-0.4, -0.2) is 41.9 Å². The van der Waals surface area contributed by atoms with Gasteiger partial charge in [-0.2, -0.15) is 0 Å². The van der Waals surface area contributed by atoms with E-state index in [2.05, 4.69) is 5.32 Å². The molecule has 7 heteroatoms. The standard InChI is InChI=1S/C24H28N2O5/c1-4-30-21-12-10-20(11-13-21)25-23(28)17(3)31-24(29)19-14-22(27)26(15-19)16(2)18-8-6-5-7-9-18/h5-13,16-17,19H,4,14-15H2,1-3H3,(H,25,28)/t16-,17-,19+/m0/s1. The van der Waals surface area contributed by atoms with Gasteiger partial charge in [-0.25, -0.2) is 0 Å². The van der Waals surface area contributed by atoms with Gasteiger partial charge in [0.2, 0.25) is 5.91 Å². The summed E-state index contributed by atoms with van der Waals surface area (Å²) in [4.78, 5) is 39.1. The van der Waals surface area contributed by atoms with E-state index < -0.39 is 23.9 Å². The maximum atomic E-state index is 12.6. The fourth-order valence-electron chi connectivity index (χ4n) is 3.54. The van der Waals surface area contributed by atoms with Crippen molar-refractivity contribution >= 4 is 23.5 Å². The molecule has 1 aliphatic heterocycles. The zero-order valence-corrected chi connectivity index (χ0v) is 18.0. The minimum atomic E-state index is -0.977. The van der Waals surface area contributed by atoms with Crippen LogP contribution in [-0.2, 0) is 19.1 Å². The molecule has 3 atom stereocenters. The lowest BCUT2D eigenvalue weighted by Crippen LogP contribution is -2.33. The molecule has 0 radical (unpaired) electrons. The number of ether oxygens (including phenoxy) is 2. The molecule has 1 fully saturated rings. The summed E-state index contributed by atoms with van der Waals surface area (Å²) in [5.41, 5.74) is 1.59. The Labute approximate surface area is 182 Å². The van der Waals surface area contributed by atoms with E-state index in [0.717, 1.165) is 5.56 Å². The van der Waals surface area contributed by atoms with Gasteiger partial charge in [0.15, 0.2) is 6.10 Å². The molecule has 0 spiro atoms. The molecule has 7 nitrogen and oxygen atoms in total. The Balaban J connectivity index is 1.53. The number of nitrogens with zero attached hydrogens (tertiary/aromatic N) is 1. The number of anilines is 1. The topological polar surface area (TPSA) is 84.9 Å². The van der Waals surface area contributed by atoms with Gasteiger partial charge >= 0.3 is 5.97 Å². The van der Waals surface area contributed by atoms with Gasteiger partial charge in [0.25, 0.3) is 5.91 Å². The van der Waals surface area contributed by atoms with Crippen molar-refractivity contribution in [3.05, 3.63) is 60.2 Å². The summed E-state index contributed by atoms with van der Waals surface area (Å²) < 4.78 is 10.7. The van der Waals surface area contributed by atoms with Crippen molar-refractivity contribution in [3.63, 3.8) is 0 Å². The zero-order chi connectivity index (χ0) is 22.4. The van der Waals surface area contributed by atoms with Crippen LogP contribution in [0.3, 0.4) is 0 Å². The second kappa shape index (κ2) is 10.1. The highest BCUT2D eigenvalue weighted by molar-refractivity contribution is 5.95. The molecule has 31 heavy (non-hydrogen) atoms. The molecule has 2 aromatic carbocycles. The number of carbonyl (C=O) groups is 3. The molecule has 1 heterocycles. The molecule has 2 amide bonds. The van der Waals surface area contributed by atoms with E-state index in [1.54, 1.807) is 29.2 Å². The number of hydrogen-bond donors (Lipinski definition) is 1. The molecule has 0 bridgehead atoms. The lowest BCUT2D eigenvalue weighted by molar-refractivity contribution is -0.157. The molecule has 3 rings (SSSR count). The van der Waals surface area contributed by atoms with Crippen LogP contribution >= 0.6 is 0 Å². The van der Waals surface area contributed by atoms with Crippen molar-refractivity contribution in [2.24, 2.45) is 5.92 Å². The van der Waals surface area contributed by atoms with Crippen LogP contribution in [0.1, 0.15) is 38.8 Å². The number of likely N-dealkylation sites (tertiary alicyclic amines) is 1. The van der Waals surface area contributed by atoms with Crippen molar-refractivity contribution in [1.82, 2.24) is 4.90 Å². The predicted octanol–water partition coefficient (Wildman–Crippen LogP) is 3.57. The number of hydrogen-bond acceptors (Lipinski definition) is 5. The fraction of sp³-hybridized carbons (Fsp3) is 0.375. The minimum Gasteiger partial charge on any atom is -0.494 e. The van der Waals surface area contributed by atoms with Crippen molar-refractivity contribution in [3.8, 4) is 5.75 Å². The molecule has 1 saturated heterocycles. The smallest absolute Gasteiger partial charge is 0.312 e. The lowest BCUT2D eigenvalue weighted by Gasteiger charge is -2.25. The SMILES string of the molecule is CCOc1ccc(NC(=O)[C@H](C)OC(=O)[C@@H]2CC(=O)N([C@@H](C)c3ccccc3)C2)cc1. The number of nitrogens with one attached hydrogen (secondary N) is 1. The largest absolute Gasteiger partial charge is 0.494 e. The predicted molar refractivity (Wildman–Crippen MR) is 116 cm³/mol. The normalized spacial score (nSPS) is 17.7. The Morgan fingerprint density at radius 1 is 1.10 bits per heavy atom. The molecule has 1 aliphatic rings. The average molecular weight is 424 g/mol. The van der Waals surface area contributed by atoms with E-state index in [1.807, 2.05) is 44.2 Å². The van der Waals surface area contributed by atoms with Crippen LogP contribution in [0, 0.1) is 5.92 Å². The van der Waals surface area contributed by atoms with Gasteiger partial charge in [0.1, 0.15) is 5.75 Å². The number of amides is 2. The second-order valence-corrected chi connectivity index (χ2v) is 7.56. The molecule has 0 unspecified atom stereocenters. The summed E-state index contributed by atoms with van der Waals surface area (Å²) in [6.07, 6.45) is -0.891. The Kier molecular flexibility index (Phi) is 7.28. The summed E-state index contributed by atoms with van der Waals surface area (Å²) in [5, 5.41) is 2.72. The van der Waals surface area contributed by atoms with E-state index in [-0.39, 0.29) is 24.9 Å². The minimum absolute atomic E-state index is 0.0865. The van der Waals surface area contributed by atoms with Gasteiger partial charge in [0, 0.05) is 18.7 Å². The van der Waals surface area contributed by atoms with E-state index in [4.69, 9.17) is 9.47 Å². The first-order valence-corrected chi connectivity index (χ1v) is 10.5. The van der Waals surface area contributed by atoms with Gasteiger partial charge in [0.05, 0.1) is 18.6 Å². The summed E-state index contributed by atoms with van der Waals surface area (Å²) in [5.74, 6) is -0.939. The third-order valence-electron chi connectivity index (χ3n) is 5.34. The maximum Gasteiger partial charge on any atom is 0.312 e. The van der Waals surface area contributed by atoms with E-state index in [1.165, 1.54) is 6.92 Å². The van der Waals surface area contributed by atoms with E-state index >= 15 is 0 Å². The van der Waals surface area contributed by atoms with Crippen LogP contribution in [0.4, 0.5) is 5.69 Å². The zero-order valence-electron chi connectivity index (χ0n) is 18.0. The average Bonchev–Trinajstić information content (AvgIpc) is 3.17. The molecule has 0 saturated carbocycles. The van der Waals surface area contributed by atoms with E-state index in [0.29, 0.717) is 18.0 Å². The van der Waals surface area contributed by atoms with Gasteiger partial charge in [-0.15, -0.1) is 0 Å². The van der Waals surface area contributed by atoms with Crippen LogP contribution in [0.25, 0.3) is 0 Å². The van der Waals surface area contributed by atoms with Crippen LogP contribution in [0.15, 0.2) is 54.6 Å². The van der Waals surface area contributed by atoms with Crippen LogP contribution in [0.5, 0.6) is 5.75 Å². The quantitative estimate of drug-likeness (QED) is 0.655. The lowest BCUT2D eigenvalue weighted by atomic mass is 10.1. The number of rotatable bonds is 8. The first-order chi connectivity index (χ1) is 14.9. The monoisotopic (exact) mass is 424 g/mol. The van der Waals surface area contributed by atoms with Crippen molar-refractivity contribution in [1.29, 1.82) is 0 Å². The van der Waals surface area contributed by atoms with E-state index in [9.17, 15) is 14.4 Å². The highest BCUT2D eigenvalue weighted by Gasteiger charge is 2.38. The Morgan fingerprint density at radius 3 is 2.42 bits per heavy atom. The molecular formula is C24H28N2O5. The first-order valence-electron chi connectivity index (χ1n) is 10.5. The highest BCUT2D eigenvalue weighted by atomic mass is 16.5. The summed E-state index contributed by atoms with van der Waals surface area (Å²) in [6.45, 7) is 6.19. The van der Waals surface area contributed by atoms with Gasteiger partial charge < -0.3 is 19.7 Å². The summed E-state index contributed by atoms with van der Waals surface area (Å²) >= 11 is 0. The first kappa shape index (κ1) is 22.3. The van der Waals surface area contributed by atoms with Crippen LogP contribution < -0.4 is 10.1 Å². The van der Waals surface area contributed by atoms with Gasteiger partial charge in [-0.05, 0) is 50.6 Å². The Bertz CT molecular complexity index is 913. The molecule has 164 valence electrons. The Morgan fingerprint density at radius 2 is 1.77 bits per heavy atom. The maximum absolute atomic E-state index is 12.6. The molecule has 0 aromatic heterocycles. The molecule has 1 N–H and O–H groups in total. The Hall–Kier alpha value is -3.35. The number of esters is 1. The van der Waals surface area contributed by atoms with Crippen molar-refractivity contribution in [2.75, 3.05) is 18.5 Å². The highest BCUT2D eigenvalue weighted by Crippen LogP contribution is 2.29.